The normalized spacial score (nSPS) is 13.8. The molecule has 0 N–H and O–H groups in total. The van der Waals surface area contributed by atoms with Gasteiger partial charge in [0.05, 0.1) is 16.6 Å². The molecule has 0 bridgehead atoms. The maximum absolute atomic E-state index is 13.5. The van der Waals surface area contributed by atoms with Gasteiger partial charge in [-0.15, -0.1) is 10.2 Å². The van der Waals surface area contributed by atoms with E-state index < -0.39 is 0 Å². The van der Waals surface area contributed by atoms with Crippen molar-refractivity contribution in [2.45, 2.75) is 39.6 Å². The van der Waals surface area contributed by atoms with Crippen molar-refractivity contribution in [3.05, 3.63) is 53.5 Å². The summed E-state index contributed by atoms with van der Waals surface area (Å²) in [6.45, 7) is 3.97. The zero-order valence-electron chi connectivity index (χ0n) is 14.4. The summed E-state index contributed by atoms with van der Waals surface area (Å²) in [5.41, 5.74) is 1.90. The number of carbonyl (C=O) groups excluding carboxylic acids is 1. The third-order valence-electron chi connectivity index (χ3n) is 4.05. The fourth-order valence-electron chi connectivity index (χ4n) is 2.84. The first-order valence-corrected chi connectivity index (χ1v) is 10.8. The first kappa shape index (κ1) is 17.6. The van der Waals surface area contributed by atoms with Gasteiger partial charge in [0.15, 0.2) is 4.34 Å². The van der Waals surface area contributed by atoms with Crippen LogP contribution in [-0.2, 0) is 4.79 Å². The topological polar surface area (TPSA) is 46.1 Å². The third kappa shape index (κ3) is 3.26. The minimum atomic E-state index is -0.202. The molecule has 1 aliphatic heterocycles. The number of amides is 1. The molecule has 0 aliphatic carbocycles. The van der Waals surface area contributed by atoms with E-state index >= 15 is 0 Å². The van der Waals surface area contributed by atoms with E-state index in [0.717, 1.165) is 36.9 Å². The molecular formula is C19H17N3OS3. The van der Waals surface area contributed by atoms with Crippen molar-refractivity contribution in [1.29, 1.82) is 0 Å². The number of hydrogen-bond acceptors (Lipinski definition) is 6. The number of aryl methyl sites for hydroxylation is 1. The number of carbonyl (C=O) groups is 1. The highest BCUT2D eigenvalue weighted by molar-refractivity contribution is 8.02. The molecule has 1 atom stereocenters. The van der Waals surface area contributed by atoms with Crippen LogP contribution in [0.25, 0.3) is 0 Å². The Morgan fingerprint density at radius 2 is 1.69 bits per heavy atom. The SMILES string of the molecule is CC[C@@H](Sc1nnc(C)s1)C(=O)N1c2ccccc2Sc2ccccc21. The van der Waals surface area contributed by atoms with Gasteiger partial charge in [0.2, 0.25) is 5.91 Å². The van der Waals surface area contributed by atoms with E-state index in [-0.39, 0.29) is 11.2 Å². The highest BCUT2D eigenvalue weighted by Gasteiger charge is 2.32. The Labute approximate surface area is 165 Å². The van der Waals surface area contributed by atoms with E-state index in [2.05, 4.69) is 22.3 Å². The molecule has 3 aromatic rings. The Kier molecular flexibility index (Phi) is 5.02. The maximum atomic E-state index is 13.5. The zero-order valence-corrected chi connectivity index (χ0v) is 16.8. The maximum Gasteiger partial charge on any atom is 0.245 e. The van der Waals surface area contributed by atoms with Crippen LogP contribution in [0.15, 0.2) is 62.7 Å². The van der Waals surface area contributed by atoms with Crippen LogP contribution in [0.4, 0.5) is 11.4 Å². The van der Waals surface area contributed by atoms with Crippen LogP contribution in [0.1, 0.15) is 18.4 Å². The molecule has 2 heterocycles. The predicted molar refractivity (Wildman–Crippen MR) is 109 cm³/mol. The second-order valence-corrected chi connectivity index (χ2v) is 9.53. The molecule has 1 amide bonds. The zero-order chi connectivity index (χ0) is 18.1. The van der Waals surface area contributed by atoms with E-state index in [9.17, 15) is 4.79 Å². The number of nitrogens with zero attached hydrogens (tertiary/aromatic N) is 3. The fraction of sp³-hybridized carbons (Fsp3) is 0.211. The molecule has 26 heavy (non-hydrogen) atoms. The van der Waals surface area contributed by atoms with Crippen LogP contribution in [0.3, 0.4) is 0 Å². The Balaban J connectivity index is 1.72. The third-order valence-corrected chi connectivity index (χ3v) is 7.45. The lowest BCUT2D eigenvalue weighted by Crippen LogP contribution is -2.35. The Morgan fingerprint density at radius 1 is 1.08 bits per heavy atom. The van der Waals surface area contributed by atoms with Gasteiger partial charge < -0.3 is 0 Å². The number of thioether (sulfide) groups is 1. The van der Waals surface area contributed by atoms with Gasteiger partial charge >= 0.3 is 0 Å². The summed E-state index contributed by atoms with van der Waals surface area (Å²) in [4.78, 5) is 17.6. The number of rotatable bonds is 4. The summed E-state index contributed by atoms with van der Waals surface area (Å²) in [6.07, 6.45) is 0.732. The minimum Gasteiger partial charge on any atom is -0.278 e. The molecule has 2 aromatic carbocycles. The molecule has 0 spiro atoms. The molecule has 1 aliphatic rings. The van der Waals surface area contributed by atoms with Crippen LogP contribution < -0.4 is 4.90 Å². The van der Waals surface area contributed by atoms with E-state index in [1.54, 1.807) is 11.8 Å². The molecule has 0 fully saturated rings. The predicted octanol–water partition coefficient (Wildman–Crippen LogP) is 5.55. The minimum absolute atomic E-state index is 0.0885. The summed E-state index contributed by atoms with van der Waals surface area (Å²) in [5, 5.41) is 8.96. The molecule has 4 rings (SSSR count). The van der Waals surface area contributed by atoms with E-state index in [4.69, 9.17) is 0 Å². The Morgan fingerprint density at radius 3 is 2.23 bits per heavy atom. The molecule has 0 radical (unpaired) electrons. The largest absolute Gasteiger partial charge is 0.278 e. The standard InChI is InChI=1S/C19H17N3OS3/c1-3-15(26-19-21-20-12(2)24-19)18(23)22-13-8-4-6-10-16(13)25-17-11-7-5-9-14(17)22/h4-11,15H,3H2,1-2H3/t15-/m1/s1. The summed E-state index contributed by atoms with van der Waals surface area (Å²) in [7, 11) is 0. The molecule has 132 valence electrons. The van der Waals surface area contributed by atoms with Gasteiger partial charge in [-0.3, -0.25) is 9.69 Å². The smallest absolute Gasteiger partial charge is 0.245 e. The van der Waals surface area contributed by atoms with Crippen LogP contribution >= 0.6 is 34.9 Å². The van der Waals surface area contributed by atoms with Crippen LogP contribution in [-0.4, -0.2) is 21.4 Å². The van der Waals surface area contributed by atoms with E-state index in [1.165, 1.54) is 23.1 Å². The van der Waals surface area contributed by atoms with Crippen LogP contribution in [0, 0.1) is 6.92 Å². The molecule has 0 unspecified atom stereocenters. The van der Waals surface area contributed by atoms with Crippen molar-refractivity contribution in [3.63, 3.8) is 0 Å². The Bertz CT molecular complexity index is 911. The molecule has 0 saturated carbocycles. The summed E-state index contributed by atoms with van der Waals surface area (Å²) < 4.78 is 0.843. The van der Waals surface area contributed by atoms with Gasteiger partial charge in [0.25, 0.3) is 0 Å². The average molecular weight is 400 g/mol. The lowest BCUT2D eigenvalue weighted by atomic mass is 10.2. The van der Waals surface area contributed by atoms with Crippen molar-refractivity contribution in [3.8, 4) is 0 Å². The quantitative estimate of drug-likeness (QED) is 0.539. The number of aromatic nitrogens is 2. The van der Waals surface area contributed by atoms with Crippen molar-refractivity contribution < 1.29 is 4.79 Å². The summed E-state index contributed by atoms with van der Waals surface area (Å²) >= 11 is 4.75. The van der Waals surface area contributed by atoms with E-state index in [1.807, 2.05) is 55.1 Å². The van der Waals surface area contributed by atoms with Crippen LogP contribution in [0.2, 0.25) is 0 Å². The van der Waals surface area contributed by atoms with Crippen molar-refractivity contribution in [1.82, 2.24) is 10.2 Å². The van der Waals surface area contributed by atoms with Crippen LogP contribution in [0.5, 0.6) is 0 Å². The second kappa shape index (κ2) is 7.42. The number of fused-ring (bicyclic) bond motifs is 2. The first-order chi connectivity index (χ1) is 12.7. The van der Waals surface area contributed by atoms with Gasteiger partial charge in [0, 0.05) is 9.79 Å². The molecular weight excluding hydrogens is 382 g/mol. The van der Waals surface area contributed by atoms with Gasteiger partial charge in [-0.2, -0.15) is 0 Å². The highest BCUT2D eigenvalue weighted by atomic mass is 32.2. The van der Waals surface area contributed by atoms with Gasteiger partial charge in [-0.05, 0) is 37.6 Å². The fourth-order valence-corrected chi connectivity index (χ4v) is 5.92. The second-order valence-electron chi connectivity index (χ2n) is 5.81. The monoisotopic (exact) mass is 399 g/mol. The number of benzene rings is 2. The lowest BCUT2D eigenvalue weighted by Gasteiger charge is -2.33. The summed E-state index contributed by atoms with van der Waals surface area (Å²) in [5.74, 6) is 0.0885. The lowest BCUT2D eigenvalue weighted by molar-refractivity contribution is -0.117. The van der Waals surface area contributed by atoms with Crippen molar-refractivity contribution in [2.75, 3.05) is 4.90 Å². The molecule has 7 heteroatoms. The average Bonchev–Trinajstić information content (AvgIpc) is 3.08. The highest BCUT2D eigenvalue weighted by Crippen LogP contribution is 2.48. The summed E-state index contributed by atoms with van der Waals surface area (Å²) in [6, 6.07) is 16.2. The molecule has 4 nitrogen and oxygen atoms in total. The van der Waals surface area contributed by atoms with Gasteiger partial charge in [-0.25, -0.2) is 0 Å². The van der Waals surface area contributed by atoms with Gasteiger partial charge in [0.1, 0.15) is 5.01 Å². The first-order valence-electron chi connectivity index (χ1n) is 8.34. The van der Waals surface area contributed by atoms with E-state index in [0.29, 0.717) is 0 Å². The molecule has 1 aromatic heterocycles. The molecule has 0 saturated heterocycles. The Hall–Kier alpha value is -1.83. The van der Waals surface area contributed by atoms with Gasteiger partial charge in [-0.1, -0.05) is 66.0 Å². The number of hydrogen-bond donors (Lipinski definition) is 0. The number of anilines is 2. The van der Waals surface area contributed by atoms with Crippen molar-refractivity contribution in [2.24, 2.45) is 0 Å². The number of para-hydroxylation sites is 2. The van der Waals surface area contributed by atoms with Crippen molar-refractivity contribution >= 4 is 52.1 Å².